The van der Waals surface area contributed by atoms with E-state index in [4.69, 9.17) is 11.5 Å². The molecule has 0 bridgehead atoms. The van der Waals surface area contributed by atoms with Gasteiger partial charge in [-0.05, 0) is 12.5 Å². The molecule has 0 spiro atoms. The molecule has 1 aromatic rings. The van der Waals surface area contributed by atoms with Crippen LogP contribution in [0.1, 0.15) is 17.2 Å². The molecule has 1 rings (SSSR count). The summed E-state index contributed by atoms with van der Waals surface area (Å²) < 4.78 is 0. The lowest BCUT2D eigenvalue weighted by atomic mass is 10.0. The maximum absolute atomic E-state index is 10.6. The largest absolute Gasteiger partial charge is 0.329 e. The Bertz CT molecular complexity index is 352. The first-order valence-corrected chi connectivity index (χ1v) is 4.27. The Hall–Kier alpha value is -1.46. The standard InChI is InChI=1S/C9H13N3O2/c1-6-2-3-7(8(11)5-10)4-9(6)12(13)14/h2-4,8H,5,10-11H2,1H3/t8-/m1/s1. The van der Waals surface area contributed by atoms with E-state index in [-0.39, 0.29) is 18.3 Å². The molecular formula is C9H13N3O2. The third-order valence-corrected chi connectivity index (χ3v) is 2.11. The molecule has 0 aliphatic heterocycles. The molecule has 1 aromatic carbocycles. The fourth-order valence-corrected chi connectivity index (χ4v) is 1.19. The molecule has 14 heavy (non-hydrogen) atoms. The quantitative estimate of drug-likeness (QED) is 0.552. The van der Waals surface area contributed by atoms with E-state index < -0.39 is 4.92 Å². The zero-order chi connectivity index (χ0) is 10.7. The molecule has 0 aliphatic rings. The van der Waals surface area contributed by atoms with Crippen LogP contribution < -0.4 is 11.5 Å². The van der Waals surface area contributed by atoms with E-state index in [1.807, 2.05) is 0 Å². The van der Waals surface area contributed by atoms with Crippen LogP contribution in [-0.2, 0) is 0 Å². The number of nitro benzene ring substituents is 1. The highest BCUT2D eigenvalue weighted by atomic mass is 16.6. The first-order chi connectivity index (χ1) is 6.56. The predicted octanol–water partition coefficient (Wildman–Crippen LogP) is 0.862. The topological polar surface area (TPSA) is 95.2 Å². The van der Waals surface area contributed by atoms with Gasteiger partial charge in [0.25, 0.3) is 5.69 Å². The van der Waals surface area contributed by atoms with Crippen LogP contribution in [0, 0.1) is 17.0 Å². The minimum atomic E-state index is -0.415. The smallest absolute Gasteiger partial charge is 0.272 e. The van der Waals surface area contributed by atoms with E-state index >= 15 is 0 Å². The Morgan fingerprint density at radius 3 is 2.71 bits per heavy atom. The molecule has 0 amide bonds. The van der Waals surface area contributed by atoms with Gasteiger partial charge in [-0.15, -0.1) is 0 Å². The molecule has 0 aromatic heterocycles. The van der Waals surface area contributed by atoms with Gasteiger partial charge >= 0.3 is 0 Å². The summed E-state index contributed by atoms with van der Waals surface area (Å²) in [7, 11) is 0. The fraction of sp³-hybridized carbons (Fsp3) is 0.333. The van der Waals surface area contributed by atoms with E-state index in [0.29, 0.717) is 11.1 Å². The lowest BCUT2D eigenvalue weighted by molar-refractivity contribution is -0.385. The first-order valence-electron chi connectivity index (χ1n) is 4.27. The lowest BCUT2D eigenvalue weighted by Gasteiger charge is -2.09. The van der Waals surface area contributed by atoms with Crippen LogP contribution in [0.2, 0.25) is 0 Å². The van der Waals surface area contributed by atoms with Gasteiger partial charge in [0.1, 0.15) is 0 Å². The monoisotopic (exact) mass is 195 g/mol. The summed E-state index contributed by atoms with van der Waals surface area (Å²) in [6, 6.07) is 4.59. The van der Waals surface area contributed by atoms with Crippen LogP contribution in [0.4, 0.5) is 5.69 Å². The van der Waals surface area contributed by atoms with E-state index in [1.54, 1.807) is 19.1 Å². The number of nitrogens with zero attached hydrogens (tertiary/aromatic N) is 1. The fourth-order valence-electron chi connectivity index (χ4n) is 1.19. The van der Waals surface area contributed by atoms with Crippen molar-refractivity contribution in [2.24, 2.45) is 11.5 Å². The van der Waals surface area contributed by atoms with Gasteiger partial charge in [0.15, 0.2) is 0 Å². The second kappa shape index (κ2) is 4.17. The highest BCUT2D eigenvalue weighted by Gasteiger charge is 2.13. The Balaban J connectivity index is 3.12. The van der Waals surface area contributed by atoms with E-state index in [1.165, 1.54) is 6.07 Å². The maximum atomic E-state index is 10.6. The summed E-state index contributed by atoms with van der Waals surface area (Å²) in [5.74, 6) is 0. The van der Waals surface area contributed by atoms with Crippen molar-refractivity contribution in [2.75, 3.05) is 6.54 Å². The minimum absolute atomic E-state index is 0.0893. The van der Waals surface area contributed by atoms with Gasteiger partial charge in [-0.1, -0.05) is 12.1 Å². The highest BCUT2D eigenvalue weighted by Crippen LogP contribution is 2.21. The Morgan fingerprint density at radius 1 is 1.57 bits per heavy atom. The molecule has 5 nitrogen and oxygen atoms in total. The molecule has 0 radical (unpaired) electrons. The number of hydrogen-bond acceptors (Lipinski definition) is 4. The van der Waals surface area contributed by atoms with Gasteiger partial charge in [0, 0.05) is 24.2 Å². The van der Waals surface area contributed by atoms with Crippen LogP contribution in [-0.4, -0.2) is 11.5 Å². The molecule has 1 atom stereocenters. The number of aryl methyl sites for hydroxylation is 1. The summed E-state index contributed by atoms with van der Waals surface area (Å²) in [5, 5.41) is 10.6. The van der Waals surface area contributed by atoms with Crippen molar-refractivity contribution in [3.63, 3.8) is 0 Å². The van der Waals surface area contributed by atoms with Gasteiger partial charge in [0.05, 0.1) is 4.92 Å². The average Bonchev–Trinajstić information content (AvgIpc) is 2.17. The summed E-state index contributed by atoms with van der Waals surface area (Å²) in [4.78, 5) is 10.2. The van der Waals surface area contributed by atoms with Crippen molar-refractivity contribution in [1.82, 2.24) is 0 Å². The van der Waals surface area contributed by atoms with Crippen molar-refractivity contribution in [1.29, 1.82) is 0 Å². The number of rotatable bonds is 3. The zero-order valence-electron chi connectivity index (χ0n) is 7.93. The molecule has 0 saturated carbocycles. The van der Waals surface area contributed by atoms with Crippen LogP contribution in [0.25, 0.3) is 0 Å². The van der Waals surface area contributed by atoms with Crippen molar-refractivity contribution in [2.45, 2.75) is 13.0 Å². The Labute approximate surface area is 81.9 Å². The van der Waals surface area contributed by atoms with Crippen molar-refractivity contribution in [3.8, 4) is 0 Å². The minimum Gasteiger partial charge on any atom is -0.329 e. The lowest BCUT2D eigenvalue weighted by Crippen LogP contribution is -2.20. The van der Waals surface area contributed by atoms with Crippen molar-refractivity contribution < 1.29 is 4.92 Å². The maximum Gasteiger partial charge on any atom is 0.272 e. The van der Waals surface area contributed by atoms with E-state index in [9.17, 15) is 10.1 Å². The molecule has 0 saturated heterocycles. The van der Waals surface area contributed by atoms with Crippen LogP contribution in [0.15, 0.2) is 18.2 Å². The second-order valence-electron chi connectivity index (χ2n) is 3.15. The second-order valence-corrected chi connectivity index (χ2v) is 3.15. The molecule has 5 heteroatoms. The molecule has 4 N–H and O–H groups in total. The summed E-state index contributed by atoms with van der Waals surface area (Å²) in [6.45, 7) is 1.97. The van der Waals surface area contributed by atoms with Gasteiger partial charge in [-0.3, -0.25) is 10.1 Å². The zero-order valence-corrected chi connectivity index (χ0v) is 7.93. The number of benzene rings is 1. The SMILES string of the molecule is Cc1ccc([C@H](N)CN)cc1[N+](=O)[O-]. The third kappa shape index (κ3) is 2.07. The molecule has 76 valence electrons. The third-order valence-electron chi connectivity index (χ3n) is 2.11. The highest BCUT2D eigenvalue weighted by molar-refractivity contribution is 5.43. The number of hydrogen-bond donors (Lipinski definition) is 2. The van der Waals surface area contributed by atoms with E-state index in [0.717, 1.165) is 0 Å². The Morgan fingerprint density at radius 2 is 2.21 bits per heavy atom. The van der Waals surface area contributed by atoms with Gasteiger partial charge in [-0.2, -0.15) is 0 Å². The van der Waals surface area contributed by atoms with E-state index in [2.05, 4.69) is 0 Å². The van der Waals surface area contributed by atoms with Crippen LogP contribution in [0.3, 0.4) is 0 Å². The van der Waals surface area contributed by atoms with Crippen LogP contribution in [0.5, 0.6) is 0 Å². The van der Waals surface area contributed by atoms with Crippen LogP contribution >= 0.6 is 0 Å². The average molecular weight is 195 g/mol. The number of nitrogens with two attached hydrogens (primary N) is 2. The van der Waals surface area contributed by atoms with Crippen molar-refractivity contribution >= 4 is 5.69 Å². The molecule has 0 heterocycles. The van der Waals surface area contributed by atoms with Crippen molar-refractivity contribution in [3.05, 3.63) is 39.4 Å². The van der Waals surface area contributed by atoms with Gasteiger partial charge < -0.3 is 11.5 Å². The summed E-state index contributed by atoms with van der Waals surface area (Å²) in [6.07, 6.45) is 0. The predicted molar refractivity (Wildman–Crippen MR) is 53.8 cm³/mol. The summed E-state index contributed by atoms with van der Waals surface area (Å²) in [5.41, 5.74) is 12.5. The van der Waals surface area contributed by atoms with Gasteiger partial charge in [-0.25, -0.2) is 0 Å². The molecular weight excluding hydrogens is 182 g/mol. The Kier molecular flexibility index (Phi) is 3.16. The number of nitro groups is 1. The molecule has 0 fully saturated rings. The normalized spacial score (nSPS) is 12.5. The molecule has 0 unspecified atom stereocenters. The first kappa shape index (κ1) is 10.6. The van der Waals surface area contributed by atoms with Gasteiger partial charge in [0.2, 0.25) is 0 Å². The molecule has 0 aliphatic carbocycles. The summed E-state index contributed by atoms with van der Waals surface area (Å²) >= 11 is 0.